The van der Waals surface area contributed by atoms with Gasteiger partial charge in [0.2, 0.25) is 0 Å². The molecule has 2 saturated heterocycles. The van der Waals surface area contributed by atoms with Crippen LogP contribution in [0.25, 0.3) is 0 Å². The number of hydrogen-bond donors (Lipinski definition) is 0. The lowest BCUT2D eigenvalue weighted by Crippen LogP contribution is -2.36. The molecule has 2 fully saturated rings. The highest BCUT2D eigenvalue weighted by molar-refractivity contribution is 7.08. The van der Waals surface area contributed by atoms with Crippen molar-refractivity contribution < 1.29 is 9.59 Å². The number of carbonyl (C=O) groups is 2. The van der Waals surface area contributed by atoms with Crippen LogP contribution in [0, 0.1) is 0 Å². The number of hydrogen-bond acceptors (Lipinski definition) is 5. The third kappa shape index (κ3) is 3.83. The van der Waals surface area contributed by atoms with Crippen molar-refractivity contribution >= 4 is 29.0 Å². The fourth-order valence-electron chi connectivity index (χ4n) is 3.81. The number of aromatic nitrogens is 1. The summed E-state index contributed by atoms with van der Waals surface area (Å²) in [6, 6.07) is 5.58. The highest BCUT2D eigenvalue weighted by atomic mass is 32.1. The monoisotopic (exact) mass is 384 g/mol. The van der Waals surface area contributed by atoms with E-state index >= 15 is 0 Å². The van der Waals surface area contributed by atoms with E-state index in [9.17, 15) is 9.59 Å². The maximum Gasteiger partial charge on any atom is 0.257 e. The fraction of sp³-hybridized carbons (Fsp3) is 0.450. The van der Waals surface area contributed by atoms with Gasteiger partial charge in [-0.1, -0.05) is 0 Å². The Labute approximate surface area is 163 Å². The van der Waals surface area contributed by atoms with Gasteiger partial charge in [0.05, 0.1) is 11.1 Å². The minimum atomic E-state index is 0.0750. The van der Waals surface area contributed by atoms with E-state index in [-0.39, 0.29) is 11.8 Å². The summed E-state index contributed by atoms with van der Waals surface area (Å²) in [5, 5.41) is 3.83. The normalized spacial score (nSPS) is 17.9. The van der Waals surface area contributed by atoms with Crippen LogP contribution in [0.5, 0.6) is 0 Å². The number of carbonyl (C=O) groups excluding carboxylic acids is 2. The molecule has 0 aliphatic carbocycles. The lowest BCUT2D eigenvalue weighted by Gasteiger charge is -2.25. The molecule has 2 amide bonds. The van der Waals surface area contributed by atoms with Gasteiger partial charge in [-0.3, -0.25) is 9.59 Å². The molecule has 0 N–H and O–H groups in total. The van der Waals surface area contributed by atoms with E-state index in [0.717, 1.165) is 56.8 Å². The molecule has 142 valence electrons. The SMILES string of the molecule is O=C(c1ccsc1)N1CCCN(c2ncccc2C(=O)N2CCCC2)CC1. The molecule has 4 heterocycles. The van der Waals surface area contributed by atoms with Crippen LogP contribution in [0.15, 0.2) is 35.2 Å². The van der Waals surface area contributed by atoms with Crippen LogP contribution in [0.4, 0.5) is 5.82 Å². The summed E-state index contributed by atoms with van der Waals surface area (Å²) in [6.07, 6.45) is 4.76. The molecular formula is C20H24N4O2S. The Balaban J connectivity index is 1.49. The number of amides is 2. The standard InChI is InChI=1S/C20H24N4O2S/c25-19(16-6-14-27-15-16)24-11-4-10-22(12-13-24)18-17(5-3-7-21-18)20(26)23-8-1-2-9-23/h3,5-7,14-15H,1-2,4,8-13H2. The summed E-state index contributed by atoms with van der Waals surface area (Å²) in [6.45, 7) is 4.51. The molecule has 2 aliphatic heterocycles. The molecule has 0 spiro atoms. The van der Waals surface area contributed by atoms with Gasteiger partial charge in [-0.05, 0) is 42.8 Å². The van der Waals surface area contributed by atoms with Crippen molar-refractivity contribution in [2.75, 3.05) is 44.2 Å². The number of nitrogens with zero attached hydrogens (tertiary/aromatic N) is 4. The molecule has 0 bridgehead atoms. The zero-order valence-electron chi connectivity index (χ0n) is 15.3. The van der Waals surface area contributed by atoms with Crippen molar-refractivity contribution in [1.29, 1.82) is 0 Å². The van der Waals surface area contributed by atoms with Crippen molar-refractivity contribution in [2.24, 2.45) is 0 Å². The number of thiophene rings is 1. The van der Waals surface area contributed by atoms with Gasteiger partial charge in [-0.25, -0.2) is 4.98 Å². The molecule has 27 heavy (non-hydrogen) atoms. The van der Waals surface area contributed by atoms with Gasteiger partial charge in [0.1, 0.15) is 5.82 Å². The third-order valence-corrected chi connectivity index (χ3v) is 5.94. The minimum absolute atomic E-state index is 0.0750. The van der Waals surface area contributed by atoms with Gasteiger partial charge in [0.15, 0.2) is 0 Å². The van der Waals surface area contributed by atoms with Crippen molar-refractivity contribution in [3.63, 3.8) is 0 Å². The number of likely N-dealkylation sites (tertiary alicyclic amines) is 1. The zero-order chi connectivity index (χ0) is 18.6. The summed E-state index contributed by atoms with van der Waals surface area (Å²) in [7, 11) is 0. The minimum Gasteiger partial charge on any atom is -0.354 e. The summed E-state index contributed by atoms with van der Waals surface area (Å²) < 4.78 is 0. The van der Waals surface area contributed by atoms with Gasteiger partial charge in [-0.15, -0.1) is 0 Å². The van der Waals surface area contributed by atoms with E-state index in [1.807, 2.05) is 38.8 Å². The molecule has 6 nitrogen and oxygen atoms in total. The van der Waals surface area contributed by atoms with Gasteiger partial charge < -0.3 is 14.7 Å². The van der Waals surface area contributed by atoms with Gasteiger partial charge in [0.25, 0.3) is 11.8 Å². The van der Waals surface area contributed by atoms with E-state index < -0.39 is 0 Å². The number of rotatable bonds is 3. The second-order valence-corrected chi connectivity index (χ2v) is 7.80. The van der Waals surface area contributed by atoms with Gasteiger partial charge in [-0.2, -0.15) is 11.3 Å². The van der Waals surface area contributed by atoms with Crippen LogP contribution >= 0.6 is 11.3 Å². The van der Waals surface area contributed by atoms with Crippen LogP contribution < -0.4 is 4.90 Å². The first-order valence-corrected chi connectivity index (χ1v) is 10.5. The Kier molecular flexibility index (Phi) is 5.38. The molecule has 2 aliphatic rings. The van der Waals surface area contributed by atoms with Gasteiger partial charge >= 0.3 is 0 Å². The maximum absolute atomic E-state index is 12.9. The Hall–Kier alpha value is -2.41. The molecule has 4 rings (SSSR count). The van der Waals surface area contributed by atoms with Crippen molar-refractivity contribution in [3.05, 3.63) is 46.3 Å². The Morgan fingerprint density at radius 2 is 1.67 bits per heavy atom. The molecular weight excluding hydrogens is 360 g/mol. The van der Waals surface area contributed by atoms with Crippen LogP contribution in [0.1, 0.15) is 40.0 Å². The summed E-state index contributed by atoms with van der Waals surface area (Å²) in [4.78, 5) is 36.1. The molecule has 2 aromatic heterocycles. The lowest BCUT2D eigenvalue weighted by atomic mass is 10.2. The highest BCUT2D eigenvalue weighted by Gasteiger charge is 2.26. The van der Waals surface area contributed by atoms with Gasteiger partial charge in [0, 0.05) is 50.8 Å². The van der Waals surface area contributed by atoms with Crippen LogP contribution in [-0.4, -0.2) is 65.9 Å². The quantitative estimate of drug-likeness (QED) is 0.817. The van der Waals surface area contributed by atoms with Crippen LogP contribution in [0.3, 0.4) is 0 Å². The molecule has 7 heteroatoms. The molecule has 0 unspecified atom stereocenters. The topological polar surface area (TPSA) is 56.8 Å². The number of anilines is 1. The third-order valence-electron chi connectivity index (χ3n) is 5.26. The first-order valence-electron chi connectivity index (χ1n) is 9.55. The van der Waals surface area contributed by atoms with Crippen molar-refractivity contribution in [3.8, 4) is 0 Å². The maximum atomic E-state index is 12.9. The Bertz CT molecular complexity index is 802. The first kappa shape index (κ1) is 18.0. The van der Waals surface area contributed by atoms with E-state index in [2.05, 4.69) is 9.88 Å². The molecule has 0 saturated carbocycles. The van der Waals surface area contributed by atoms with Crippen molar-refractivity contribution in [1.82, 2.24) is 14.8 Å². The largest absolute Gasteiger partial charge is 0.354 e. The average molecular weight is 385 g/mol. The van der Waals surface area contributed by atoms with Crippen LogP contribution in [-0.2, 0) is 0 Å². The van der Waals surface area contributed by atoms with Crippen LogP contribution in [0.2, 0.25) is 0 Å². The molecule has 0 atom stereocenters. The highest BCUT2D eigenvalue weighted by Crippen LogP contribution is 2.23. The molecule has 0 aromatic carbocycles. The van der Waals surface area contributed by atoms with E-state index in [0.29, 0.717) is 18.7 Å². The smallest absolute Gasteiger partial charge is 0.257 e. The second-order valence-electron chi connectivity index (χ2n) is 7.02. The Morgan fingerprint density at radius 3 is 2.44 bits per heavy atom. The molecule has 2 aromatic rings. The second kappa shape index (κ2) is 8.08. The summed E-state index contributed by atoms with van der Waals surface area (Å²) in [5.41, 5.74) is 1.44. The lowest BCUT2D eigenvalue weighted by molar-refractivity contribution is 0.0764. The zero-order valence-corrected chi connectivity index (χ0v) is 16.2. The summed E-state index contributed by atoms with van der Waals surface area (Å²) >= 11 is 1.54. The van der Waals surface area contributed by atoms with E-state index in [1.54, 1.807) is 17.5 Å². The number of pyridine rings is 1. The Morgan fingerprint density at radius 1 is 0.889 bits per heavy atom. The van der Waals surface area contributed by atoms with E-state index in [1.165, 1.54) is 0 Å². The van der Waals surface area contributed by atoms with Crippen molar-refractivity contribution in [2.45, 2.75) is 19.3 Å². The predicted molar refractivity (Wildman–Crippen MR) is 106 cm³/mol. The first-order chi connectivity index (χ1) is 13.2. The fourth-order valence-corrected chi connectivity index (χ4v) is 4.44. The average Bonchev–Trinajstić information content (AvgIpc) is 3.38. The summed E-state index contributed by atoms with van der Waals surface area (Å²) in [5.74, 6) is 0.915. The molecule has 0 radical (unpaired) electrons. The van der Waals surface area contributed by atoms with E-state index in [4.69, 9.17) is 0 Å². The predicted octanol–water partition coefficient (Wildman–Crippen LogP) is 2.73.